The Hall–Kier alpha value is -5.12. The highest BCUT2D eigenvalue weighted by Crippen LogP contribution is 2.17. The molecule has 3 saturated heterocycles. The molecule has 16 heteroatoms. The van der Waals surface area contributed by atoms with E-state index in [0.29, 0.717) is 11.7 Å². The largest absolute Gasteiger partial charge is 0.560 e. The standard InChI is InChI=1S/C23H37NO5.C18H34O.C9H8N2O7/c1-2-3-4-5-6-7-8-9-10-11-12-13-14-15-16-17-20-28-23(27)29-24-21(25)18-19-22(24)26;1-2-3-4-5-6-7-8-9-10-11-12-13-14-15-16-17-18-19;12-5-1-2-6(13)10(5)17-9(16)18-11-7(14)3-4-8(11)15/h6-7,9-10H,2-5,8,11-20H2,1H3;6-7,9-10,19H,2-5,8,11-18H2,1H3;1-4H2/b2*7-6-,10-9-;. The number of aliphatic hydroxyl groups is 1. The molecule has 3 fully saturated rings. The summed E-state index contributed by atoms with van der Waals surface area (Å²) in [5, 5.41) is 9.67. The molecule has 3 heterocycles. The predicted molar refractivity (Wildman–Crippen MR) is 249 cm³/mol. The average Bonchev–Trinajstić information content (AvgIpc) is 3.92. The summed E-state index contributed by atoms with van der Waals surface area (Å²) in [6.45, 7) is 5.07. The molecule has 0 aromatic rings. The van der Waals surface area contributed by atoms with Crippen LogP contribution in [0.2, 0.25) is 0 Å². The molecule has 3 aliphatic heterocycles. The van der Waals surface area contributed by atoms with Crippen LogP contribution in [0.25, 0.3) is 0 Å². The fourth-order valence-electron chi connectivity index (χ4n) is 6.59. The first kappa shape index (κ1) is 58.9. The van der Waals surface area contributed by atoms with E-state index in [4.69, 9.17) is 9.84 Å². The van der Waals surface area contributed by atoms with Crippen molar-refractivity contribution in [2.24, 2.45) is 0 Å². The van der Waals surface area contributed by atoms with Gasteiger partial charge in [-0.2, -0.15) is 4.79 Å². The fraction of sp³-hybridized carbons (Fsp3) is 0.680. The highest BCUT2D eigenvalue weighted by molar-refractivity contribution is 6.03. The summed E-state index contributed by atoms with van der Waals surface area (Å²) < 4.78 is 4.90. The Morgan fingerprint density at radius 1 is 0.409 bits per heavy atom. The number of carbonyl (C=O) groups is 8. The number of carbonyl (C=O) groups excluding carboxylic acids is 8. The zero-order valence-corrected chi connectivity index (χ0v) is 39.9. The van der Waals surface area contributed by atoms with Gasteiger partial charge in [-0.3, -0.25) is 43.3 Å². The van der Waals surface area contributed by atoms with E-state index in [1.807, 2.05) is 0 Å². The number of aliphatic hydroxyl groups excluding tert-OH is 1. The van der Waals surface area contributed by atoms with E-state index in [2.05, 4.69) is 77.0 Å². The second-order valence-corrected chi connectivity index (χ2v) is 16.3. The fourth-order valence-corrected chi connectivity index (χ4v) is 6.59. The summed E-state index contributed by atoms with van der Waals surface area (Å²) in [6, 6.07) is 0. The molecule has 0 aromatic heterocycles. The number of amides is 6. The summed E-state index contributed by atoms with van der Waals surface area (Å²) in [6.07, 6.45) is 44.4. The molecular weight excluding hydrogens is 851 g/mol. The topological polar surface area (TPSA) is 203 Å². The summed E-state index contributed by atoms with van der Waals surface area (Å²) in [5.41, 5.74) is 0. The van der Waals surface area contributed by atoms with Crippen LogP contribution in [-0.4, -0.2) is 81.3 Å². The average molecular weight is 930 g/mol. The number of imide groups is 3. The monoisotopic (exact) mass is 930 g/mol. The van der Waals surface area contributed by atoms with Crippen LogP contribution in [-0.2, 0) is 48.0 Å². The van der Waals surface area contributed by atoms with Gasteiger partial charge in [0.1, 0.15) is 0 Å². The molecule has 0 bridgehead atoms. The van der Waals surface area contributed by atoms with Gasteiger partial charge in [0, 0.05) is 45.1 Å². The molecule has 6 amide bonds. The lowest BCUT2D eigenvalue weighted by Gasteiger charge is -2.15. The lowest BCUT2D eigenvalue weighted by molar-refractivity contribution is -0.198. The van der Waals surface area contributed by atoms with Gasteiger partial charge in [-0.25, -0.2) is 4.79 Å². The van der Waals surface area contributed by atoms with Crippen LogP contribution in [0.15, 0.2) is 48.6 Å². The lowest BCUT2D eigenvalue weighted by Crippen LogP contribution is -2.37. The Morgan fingerprint density at radius 3 is 1.03 bits per heavy atom. The van der Waals surface area contributed by atoms with E-state index in [9.17, 15) is 38.4 Å². The highest BCUT2D eigenvalue weighted by Gasteiger charge is 2.37. The van der Waals surface area contributed by atoms with Crippen LogP contribution in [0.5, 0.6) is 0 Å². The van der Waals surface area contributed by atoms with Gasteiger partial charge in [0.2, 0.25) is 0 Å². The molecule has 372 valence electrons. The SMILES string of the molecule is CCCCC/C=C\C/C=C\CCCCCCCCO.CCCCC/C=C\C/C=C\CCCCCCCCOC(=O)ON1C(=O)CCC1=O.O=C(ON1C(=O)CCC1=O)ON1C(=O)CCC1=O. The van der Waals surface area contributed by atoms with Crippen molar-refractivity contribution in [1.82, 2.24) is 15.2 Å². The zero-order chi connectivity index (χ0) is 48.5. The van der Waals surface area contributed by atoms with Crippen molar-refractivity contribution in [2.75, 3.05) is 13.2 Å². The van der Waals surface area contributed by atoms with Crippen LogP contribution in [0.3, 0.4) is 0 Å². The molecule has 3 rings (SSSR count). The molecule has 3 aliphatic rings. The Bertz CT molecular complexity index is 1470. The number of rotatable bonds is 32. The number of hydrogen-bond donors (Lipinski definition) is 1. The van der Waals surface area contributed by atoms with Crippen molar-refractivity contribution in [3.05, 3.63) is 48.6 Å². The van der Waals surface area contributed by atoms with E-state index < -0.39 is 47.8 Å². The van der Waals surface area contributed by atoms with Crippen LogP contribution in [0, 0.1) is 0 Å². The zero-order valence-electron chi connectivity index (χ0n) is 39.9. The summed E-state index contributed by atoms with van der Waals surface area (Å²) >= 11 is 0. The van der Waals surface area contributed by atoms with E-state index in [0.717, 1.165) is 44.9 Å². The number of nitrogens with zero attached hydrogens (tertiary/aromatic N) is 3. The van der Waals surface area contributed by atoms with Crippen molar-refractivity contribution in [1.29, 1.82) is 0 Å². The molecule has 0 atom stereocenters. The molecule has 0 unspecified atom stereocenters. The Labute approximate surface area is 393 Å². The molecular formula is C50H79N3O13. The molecule has 0 aromatic carbocycles. The molecule has 0 aliphatic carbocycles. The van der Waals surface area contributed by atoms with Gasteiger partial charge in [-0.15, -0.1) is 0 Å². The van der Waals surface area contributed by atoms with Crippen LogP contribution in [0.4, 0.5) is 9.59 Å². The number of allylic oxidation sites excluding steroid dienone is 8. The number of hydrogen-bond acceptors (Lipinski definition) is 13. The summed E-state index contributed by atoms with van der Waals surface area (Å²) in [5.74, 6) is -3.74. The van der Waals surface area contributed by atoms with Gasteiger partial charge < -0.3 is 9.84 Å². The molecule has 1 N–H and O–H groups in total. The van der Waals surface area contributed by atoms with Gasteiger partial charge in [0.05, 0.1) is 6.61 Å². The minimum Gasteiger partial charge on any atom is -0.433 e. The number of ether oxygens (including phenoxy) is 1. The third-order valence-electron chi connectivity index (χ3n) is 10.4. The van der Waals surface area contributed by atoms with Crippen LogP contribution < -0.4 is 0 Å². The van der Waals surface area contributed by atoms with E-state index in [1.165, 1.54) is 109 Å². The Balaban J connectivity index is 0.000000516. The molecule has 0 saturated carbocycles. The van der Waals surface area contributed by atoms with Crippen LogP contribution >= 0.6 is 0 Å². The highest BCUT2D eigenvalue weighted by atomic mass is 16.9. The van der Waals surface area contributed by atoms with E-state index >= 15 is 0 Å². The van der Waals surface area contributed by atoms with Gasteiger partial charge in [0.25, 0.3) is 35.4 Å². The second-order valence-electron chi connectivity index (χ2n) is 16.3. The second kappa shape index (κ2) is 40.2. The maximum Gasteiger partial charge on any atom is 0.560 e. The van der Waals surface area contributed by atoms with E-state index in [-0.39, 0.29) is 55.3 Å². The Morgan fingerprint density at radius 2 is 0.697 bits per heavy atom. The maximum atomic E-state index is 11.4. The molecule has 0 radical (unpaired) electrons. The molecule has 16 nitrogen and oxygen atoms in total. The van der Waals surface area contributed by atoms with Crippen molar-refractivity contribution in [3.63, 3.8) is 0 Å². The van der Waals surface area contributed by atoms with Crippen molar-refractivity contribution < 1.29 is 62.7 Å². The van der Waals surface area contributed by atoms with E-state index in [1.54, 1.807) is 0 Å². The van der Waals surface area contributed by atoms with Gasteiger partial charge >= 0.3 is 12.3 Å². The normalized spacial score (nSPS) is 15.2. The third-order valence-corrected chi connectivity index (χ3v) is 10.4. The summed E-state index contributed by atoms with van der Waals surface area (Å²) in [7, 11) is 0. The van der Waals surface area contributed by atoms with Crippen molar-refractivity contribution in [2.45, 2.75) is 206 Å². The summed E-state index contributed by atoms with van der Waals surface area (Å²) in [4.78, 5) is 103. The third kappa shape index (κ3) is 30.2. The predicted octanol–water partition coefficient (Wildman–Crippen LogP) is 11.1. The number of hydroxylamine groups is 6. The Kier molecular flexibility index (Phi) is 35.9. The lowest BCUT2D eigenvalue weighted by atomic mass is 10.1. The number of unbranched alkanes of at least 4 members (excludes halogenated alkanes) is 18. The van der Waals surface area contributed by atoms with Crippen LogP contribution in [0.1, 0.15) is 206 Å². The van der Waals surface area contributed by atoms with Crippen molar-refractivity contribution in [3.8, 4) is 0 Å². The minimum absolute atomic E-state index is 0.0618. The van der Waals surface area contributed by atoms with Gasteiger partial charge in [-0.1, -0.05) is 155 Å². The first-order valence-corrected chi connectivity index (χ1v) is 24.6. The molecule has 0 spiro atoms. The van der Waals surface area contributed by atoms with Gasteiger partial charge in [0.15, 0.2) is 0 Å². The van der Waals surface area contributed by atoms with Crippen molar-refractivity contribution >= 4 is 47.8 Å². The molecule has 66 heavy (non-hydrogen) atoms. The first-order chi connectivity index (χ1) is 32.0. The smallest absolute Gasteiger partial charge is 0.433 e. The first-order valence-electron chi connectivity index (χ1n) is 24.6. The maximum absolute atomic E-state index is 11.4. The quantitative estimate of drug-likeness (QED) is 0.0289. The van der Waals surface area contributed by atoms with Gasteiger partial charge in [-0.05, 0) is 77.0 Å². The minimum atomic E-state index is -1.48.